The number of pyridine rings is 1. The van der Waals surface area contributed by atoms with Crippen LogP contribution in [-0.4, -0.2) is 14.5 Å². The van der Waals surface area contributed by atoms with E-state index in [2.05, 4.69) is 53.0 Å². The van der Waals surface area contributed by atoms with E-state index in [4.69, 9.17) is 4.74 Å². The van der Waals surface area contributed by atoms with Crippen molar-refractivity contribution in [3.8, 4) is 17.6 Å². The van der Waals surface area contributed by atoms with E-state index in [9.17, 15) is 4.79 Å². The second kappa shape index (κ2) is 8.96. The van der Waals surface area contributed by atoms with Gasteiger partial charge in [-0.2, -0.15) is 0 Å². The van der Waals surface area contributed by atoms with Crippen LogP contribution in [0.2, 0.25) is 0 Å². The third-order valence-corrected chi connectivity index (χ3v) is 5.15. The van der Waals surface area contributed by atoms with Crippen LogP contribution in [0.15, 0.2) is 59.7 Å². The van der Waals surface area contributed by atoms with Gasteiger partial charge in [-0.15, -0.1) is 0 Å². The van der Waals surface area contributed by atoms with Crippen LogP contribution >= 0.6 is 0 Å². The van der Waals surface area contributed by atoms with Crippen LogP contribution in [-0.2, 0) is 13.0 Å². The van der Waals surface area contributed by atoms with Gasteiger partial charge in [-0.25, -0.2) is 9.97 Å². The van der Waals surface area contributed by atoms with Gasteiger partial charge in [0, 0.05) is 41.7 Å². The van der Waals surface area contributed by atoms with Gasteiger partial charge in [0.1, 0.15) is 12.4 Å². The number of rotatable bonds is 6. The SMILES string of the molecule is Cc1cc(OCc2ncccn2)cc(=O)n1[C@H](C)Cc1ccc(C#CC2CC2)cc1. The fourth-order valence-corrected chi connectivity index (χ4v) is 3.45. The van der Waals surface area contributed by atoms with Crippen molar-refractivity contribution in [1.29, 1.82) is 0 Å². The lowest BCUT2D eigenvalue weighted by atomic mass is 10.0. The molecule has 1 aromatic carbocycles. The van der Waals surface area contributed by atoms with Crippen molar-refractivity contribution in [2.24, 2.45) is 5.92 Å². The first-order valence-electron chi connectivity index (χ1n) is 10.3. The Hall–Kier alpha value is -3.39. The van der Waals surface area contributed by atoms with Gasteiger partial charge in [-0.3, -0.25) is 4.79 Å². The van der Waals surface area contributed by atoms with Crippen LogP contribution in [0.25, 0.3) is 0 Å². The Morgan fingerprint density at radius 2 is 1.90 bits per heavy atom. The fourth-order valence-electron chi connectivity index (χ4n) is 3.45. The highest BCUT2D eigenvalue weighted by Gasteiger charge is 2.17. The van der Waals surface area contributed by atoms with Gasteiger partial charge in [-0.1, -0.05) is 24.0 Å². The Kier molecular flexibility index (Phi) is 5.94. The molecule has 2 aromatic heterocycles. The second-order valence-corrected chi connectivity index (χ2v) is 7.79. The predicted molar refractivity (Wildman–Crippen MR) is 116 cm³/mol. The van der Waals surface area contributed by atoms with Gasteiger partial charge in [0.05, 0.1) is 0 Å². The van der Waals surface area contributed by atoms with Crippen molar-refractivity contribution in [2.45, 2.75) is 45.8 Å². The summed E-state index contributed by atoms with van der Waals surface area (Å²) in [6.07, 6.45) is 6.59. The zero-order valence-electron chi connectivity index (χ0n) is 17.3. The Labute approximate surface area is 176 Å². The fraction of sp³-hybridized carbons (Fsp3) is 0.320. The third-order valence-electron chi connectivity index (χ3n) is 5.15. The summed E-state index contributed by atoms with van der Waals surface area (Å²) in [5.74, 6) is 8.24. The molecule has 0 amide bonds. The van der Waals surface area contributed by atoms with Crippen molar-refractivity contribution in [1.82, 2.24) is 14.5 Å². The molecule has 5 heteroatoms. The van der Waals surface area contributed by atoms with Crippen molar-refractivity contribution < 1.29 is 4.74 Å². The van der Waals surface area contributed by atoms with E-state index in [1.807, 2.05) is 17.6 Å². The summed E-state index contributed by atoms with van der Waals surface area (Å²) >= 11 is 0. The molecule has 30 heavy (non-hydrogen) atoms. The summed E-state index contributed by atoms with van der Waals surface area (Å²) in [5, 5.41) is 0. The molecule has 0 radical (unpaired) electrons. The molecule has 3 aromatic rings. The molecule has 0 spiro atoms. The highest BCUT2D eigenvalue weighted by Crippen LogP contribution is 2.27. The summed E-state index contributed by atoms with van der Waals surface area (Å²) in [7, 11) is 0. The average molecular weight is 399 g/mol. The first-order valence-corrected chi connectivity index (χ1v) is 10.3. The monoisotopic (exact) mass is 399 g/mol. The lowest BCUT2D eigenvalue weighted by Crippen LogP contribution is -2.26. The van der Waals surface area contributed by atoms with E-state index in [1.165, 1.54) is 24.5 Å². The summed E-state index contributed by atoms with van der Waals surface area (Å²) in [5.41, 5.74) is 3.03. The lowest BCUT2D eigenvalue weighted by molar-refractivity contribution is 0.293. The van der Waals surface area contributed by atoms with Gasteiger partial charge in [-0.05, 0) is 62.9 Å². The molecule has 0 saturated heterocycles. The Morgan fingerprint density at radius 1 is 1.17 bits per heavy atom. The van der Waals surface area contributed by atoms with Gasteiger partial charge in [0.2, 0.25) is 0 Å². The lowest BCUT2D eigenvalue weighted by Gasteiger charge is -2.19. The largest absolute Gasteiger partial charge is 0.485 e. The minimum atomic E-state index is -0.0709. The molecule has 0 unspecified atom stereocenters. The van der Waals surface area contributed by atoms with E-state index in [0.29, 0.717) is 17.5 Å². The van der Waals surface area contributed by atoms with Crippen LogP contribution in [0.4, 0.5) is 0 Å². The molecule has 1 atom stereocenters. The zero-order chi connectivity index (χ0) is 20.9. The van der Waals surface area contributed by atoms with Crippen LogP contribution in [0.1, 0.15) is 48.5 Å². The summed E-state index contributed by atoms with van der Waals surface area (Å²) in [4.78, 5) is 21.0. The molecule has 0 aliphatic heterocycles. The third kappa shape index (κ3) is 5.15. The summed E-state index contributed by atoms with van der Waals surface area (Å²) in [6, 6.07) is 13.5. The van der Waals surface area contributed by atoms with E-state index < -0.39 is 0 Å². The van der Waals surface area contributed by atoms with Crippen molar-refractivity contribution in [2.75, 3.05) is 0 Å². The molecule has 1 saturated carbocycles. The normalized spacial score (nSPS) is 13.9. The van der Waals surface area contributed by atoms with Crippen molar-refractivity contribution in [3.63, 3.8) is 0 Å². The standard InChI is InChI=1S/C25H25N3O2/c1-18(14-22-10-8-21(9-11-22)7-6-20-4-5-20)28-19(2)15-23(16-25(28)29)30-17-24-26-12-3-13-27-24/h3,8-13,15-16,18,20H,4-5,14,17H2,1-2H3/t18-/m1/s1. The molecule has 2 heterocycles. The van der Waals surface area contributed by atoms with Gasteiger partial charge < -0.3 is 9.30 Å². The maximum Gasteiger partial charge on any atom is 0.254 e. The molecule has 152 valence electrons. The molecule has 0 bridgehead atoms. The Morgan fingerprint density at radius 3 is 2.57 bits per heavy atom. The number of ether oxygens (including phenoxy) is 1. The van der Waals surface area contributed by atoms with Crippen molar-refractivity contribution in [3.05, 3.63) is 87.9 Å². The van der Waals surface area contributed by atoms with E-state index >= 15 is 0 Å². The molecule has 0 N–H and O–H groups in total. The molecule has 1 fully saturated rings. The maximum absolute atomic E-state index is 12.7. The molecular formula is C25H25N3O2. The minimum Gasteiger partial charge on any atom is -0.485 e. The number of hydrogen-bond acceptors (Lipinski definition) is 4. The highest BCUT2D eigenvalue weighted by atomic mass is 16.5. The van der Waals surface area contributed by atoms with Crippen molar-refractivity contribution >= 4 is 0 Å². The number of benzene rings is 1. The number of aromatic nitrogens is 3. The Bertz CT molecular complexity index is 1120. The first kappa shape index (κ1) is 19.9. The average Bonchev–Trinajstić information content (AvgIpc) is 3.57. The zero-order valence-corrected chi connectivity index (χ0v) is 17.3. The van der Waals surface area contributed by atoms with Gasteiger partial charge in [0.15, 0.2) is 5.82 Å². The molecule has 1 aliphatic carbocycles. The second-order valence-electron chi connectivity index (χ2n) is 7.79. The summed E-state index contributed by atoms with van der Waals surface area (Å²) in [6.45, 7) is 4.23. The maximum atomic E-state index is 12.7. The predicted octanol–water partition coefficient (Wildman–Crippen LogP) is 4.09. The smallest absolute Gasteiger partial charge is 0.254 e. The van der Waals surface area contributed by atoms with Crippen LogP contribution in [0, 0.1) is 24.7 Å². The topological polar surface area (TPSA) is 57.0 Å². The first-order chi connectivity index (χ1) is 14.6. The molecule has 5 nitrogen and oxygen atoms in total. The van der Waals surface area contributed by atoms with Crippen LogP contribution in [0.5, 0.6) is 5.75 Å². The molecule has 1 aliphatic rings. The van der Waals surface area contributed by atoms with Gasteiger partial charge in [0.25, 0.3) is 5.56 Å². The van der Waals surface area contributed by atoms with E-state index in [1.54, 1.807) is 18.5 Å². The van der Waals surface area contributed by atoms with Crippen LogP contribution < -0.4 is 10.3 Å². The number of hydrogen-bond donors (Lipinski definition) is 0. The minimum absolute atomic E-state index is 0.0346. The molecular weight excluding hydrogens is 374 g/mol. The number of nitrogens with zero attached hydrogens (tertiary/aromatic N) is 3. The highest BCUT2D eigenvalue weighted by molar-refractivity contribution is 5.37. The summed E-state index contributed by atoms with van der Waals surface area (Å²) < 4.78 is 7.53. The Balaban J connectivity index is 1.42. The van der Waals surface area contributed by atoms with Crippen LogP contribution in [0.3, 0.4) is 0 Å². The molecule has 4 rings (SSSR count). The van der Waals surface area contributed by atoms with E-state index in [-0.39, 0.29) is 18.2 Å². The number of aryl methyl sites for hydroxylation is 1. The van der Waals surface area contributed by atoms with Gasteiger partial charge >= 0.3 is 0 Å². The quantitative estimate of drug-likeness (QED) is 0.586. The van der Waals surface area contributed by atoms with E-state index in [0.717, 1.165) is 17.7 Å².